The molecule has 1 aromatic heterocycles. The molecule has 0 amide bonds. The maximum absolute atomic E-state index is 6.14. The Morgan fingerprint density at radius 3 is 1.31 bits per heavy atom. The lowest BCUT2D eigenvalue weighted by Gasteiger charge is -2.25. The van der Waals surface area contributed by atoms with Gasteiger partial charge in [0.2, 0.25) is 11.9 Å². The van der Waals surface area contributed by atoms with E-state index in [1.54, 1.807) is 0 Å². The largest absolute Gasteiger partial charge is 0.368 e. The van der Waals surface area contributed by atoms with Crippen LogP contribution in [0.4, 0.5) is 11.9 Å². The number of hydrogen-bond donors (Lipinski definition) is 4. The Bertz CT molecular complexity index is 975. The van der Waals surface area contributed by atoms with E-state index < -0.39 is 5.66 Å². The molecule has 1 heterocycles. The monoisotopic (exact) mass is 385 g/mol. The Labute approximate surface area is 169 Å². The highest BCUT2D eigenvalue weighted by atomic mass is 15.1. The molecule has 0 aliphatic carbocycles. The van der Waals surface area contributed by atoms with Gasteiger partial charge < -0.3 is 22.9 Å². The van der Waals surface area contributed by atoms with Crippen LogP contribution in [0, 0.1) is 0 Å². The average molecular weight is 385 g/mol. The van der Waals surface area contributed by atoms with Gasteiger partial charge in [-0.05, 0) is 11.1 Å². The van der Waals surface area contributed by atoms with Crippen molar-refractivity contribution in [1.82, 2.24) is 15.0 Å². The van der Waals surface area contributed by atoms with E-state index in [1.165, 1.54) is 0 Å². The van der Waals surface area contributed by atoms with Crippen molar-refractivity contribution in [2.45, 2.75) is 5.66 Å². The first-order chi connectivity index (χ1) is 14.0. The molecule has 146 valence electrons. The molecular weight excluding hydrogens is 362 g/mol. The van der Waals surface area contributed by atoms with Gasteiger partial charge in [0, 0.05) is 5.56 Å². The summed E-state index contributed by atoms with van der Waals surface area (Å²) in [4.78, 5) is 11.7. The smallest absolute Gasteiger partial charge is 0.225 e. The molecular formula is C22H23N7. The van der Waals surface area contributed by atoms with Crippen LogP contribution in [-0.2, 0) is 5.66 Å². The summed E-state index contributed by atoms with van der Waals surface area (Å²) in [6.07, 6.45) is 0. The molecule has 3 aromatic carbocycles. The quantitative estimate of drug-likeness (QED) is 0.397. The summed E-state index contributed by atoms with van der Waals surface area (Å²) in [6.45, 7) is 0. The van der Waals surface area contributed by atoms with Gasteiger partial charge in [-0.15, -0.1) is 0 Å². The number of nitrogens with zero attached hydrogens (tertiary/aromatic N) is 3. The van der Waals surface area contributed by atoms with Gasteiger partial charge >= 0.3 is 0 Å². The number of nitrogen functional groups attached to an aromatic ring is 2. The molecule has 4 aromatic rings. The highest BCUT2D eigenvalue weighted by Crippen LogP contribution is 2.20. The summed E-state index contributed by atoms with van der Waals surface area (Å²) in [5.74, 6) is 0.767. The molecule has 0 atom stereocenters. The molecule has 0 spiro atoms. The van der Waals surface area contributed by atoms with Gasteiger partial charge in [-0.1, -0.05) is 91.0 Å². The van der Waals surface area contributed by atoms with Gasteiger partial charge in [-0.2, -0.15) is 15.0 Å². The molecule has 0 radical (unpaired) electrons. The van der Waals surface area contributed by atoms with E-state index in [1.807, 2.05) is 91.0 Å². The molecule has 0 aliphatic heterocycles. The summed E-state index contributed by atoms with van der Waals surface area (Å²) in [6, 6.07) is 28.9. The third kappa shape index (κ3) is 5.13. The molecule has 0 fully saturated rings. The van der Waals surface area contributed by atoms with E-state index in [9.17, 15) is 0 Å². The van der Waals surface area contributed by atoms with Crippen LogP contribution in [0.2, 0.25) is 0 Å². The third-order valence-corrected chi connectivity index (χ3v) is 4.20. The zero-order valence-corrected chi connectivity index (χ0v) is 15.8. The molecule has 8 N–H and O–H groups in total. The fourth-order valence-corrected chi connectivity index (χ4v) is 2.72. The maximum atomic E-state index is 6.14. The van der Waals surface area contributed by atoms with Gasteiger partial charge in [0.1, 0.15) is 5.66 Å². The maximum Gasteiger partial charge on any atom is 0.225 e. The van der Waals surface area contributed by atoms with Crippen LogP contribution in [-0.4, -0.2) is 15.0 Å². The van der Waals surface area contributed by atoms with Crippen LogP contribution in [0.15, 0.2) is 91.0 Å². The first-order valence-electron chi connectivity index (χ1n) is 8.98. The van der Waals surface area contributed by atoms with Gasteiger partial charge in [-0.3, -0.25) is 0 Å². The molecule has 0 saturated heterocycles. The van der Waals surface area contributed by atoms with Crippen molar-refractivity contribution in [3.05, 3.63) is 102 Å². The number of benzene rings is 3. The van der Waals surface area contributed by atoms with Gasteiger partial charge in [0.05, 0.1) is 0 Å². The molecule has 0 unspecified atom stereocenters. The van der Waals surface area contributed by atoms with Gasteiger partial charge in [0.25, 0.3) is 0 Å². The van der Waals surface area contributed by atoms with E-state index in [2.05, 4.69) is 15.0 Å². The molecule has 29 heavy (non-hydrogen) atoms. The van der Waals surface area contributed by atoms with E-state index >= 15 is 0 Å². The Hall–Kier alpha value is -3.81. The Kier molecular flexibility index (Phi) is 6.13. The number of aromatic nitrogens is 3. The average Bonchev–Trinajstić information content (AvgIpc) is 2.75. The summed E-state index contributed by atoms with van der Waals surface area (Å²) in [5, 5.41) is 0. The number of rotatable bonds is 3. The van der Waals surface area contributed by atoms with E-state index in [0.29, 0.717) is 5.82 Å². The predicted octanol–water partition coefficient (Wildman–Crippen LogP) is 2.51. The lowest BCUT2D eigenvalue weighted by molar-refractivity contribution is 0.567. The number of hydrogen-bond acceptors (Lipinski definition) is 7. The zero-order chi connectivity index (χ0) is 20.7. The van der Waals surface area contributed by atoms with E-state index in [0.717, 1.165) is 16.7 Å². The van der Waals surface area contributed by atoms with E-state index in [-0.39, 0.29) is 11.9 Å². The SMILES string of the molecule is NC(N)(c1ccccc1)c1ccccc1.Nc1nc(N)nc(-c2ccccc2)n1. The van der Waals surface area contributed by atoms with Crippen LogP contribution in [0.25, 0.3) is 11.4 Å². The number of nitrogens with two attached hydrogens (primary N) is 4. The van der Waals surface area contributed by atoms with Crippen molar-refractivity contribution >= 4 is 11.9 Å². The topological polar surface area (TPSA) is 143 Å². The summed E-state index contributed by atoms with van der Waals surface area (Å²) < 4.78 is 0. The second-order valence-electron chi connectivity index (χ2n) is 6.34. The number of anilines is 2. The van der Waals surface area contributed by atoms with Crippen LogP contribution in [0.3, 0.4) is 0 Å². The fourth-order valence-electron chi connectivity index (χ4n) is 2.72. The fraction of sp³-hybridized carbons (Fsp3) is 0.0455. The van der Waals surface area contributed by atoms with E-state index in [4.69, 9.17) is 22.9 Å². The standard InChI is InChI=1S/C13H14N2.C9H9N5/c14-13(15,11-7-3-1-4-8-11)12-9-5-2-6-10-12;10-8-12-7(13-9(11)14-8)6-4-2-1-3-5-6/h1-10H,14-15H2;1-5H,(H4,10,11,12,13,14). The second kappa shape index (κ2) is 8.92. The summed E-state index contributed by atoms with van der Waals surface area (Å²) in [5.41, 5.74) is 25.0. The first-order valence-corrected chi connectivity index (χ1v) is 8.98. The van der Waals surface area contributed by atoms with Crippen molar-refractivity contribution in [1.29, 1.82) is 0 Å². The third-order valence-electron chi connectivity index (χ3n) is 4.20. The Balaban J connectivity index is 0.000000166. The Morgan fingerprint density at radius 2 is 0.897 bits per heavy atom. The van der Waals surface area contributed by atoms with Crippen molar-refractivity contribution in [2.24, 2.45) is 11.5 Å². The van der Waals surface area contributed by atoms with Crippen LogP contribution in [0.1, 0.15) is 11.1 Å². The highest BCUT2D eigenvalue weighted by Gasteiger charge is 2.23. The molecule has 7 nitrogen and oxygen atoms in total. The molecule has 0 bridgehead atoms. The summed E-state index contributed by atoms with van der Waals surface area (Å²) in [7, 11) is 0. The first kappa shape index (κ1) is 19.9. The highest BCUT2D eigenvalue weighted by molar-refractivity contribution is 5.56. The lowest BCUT2D eigenvalue weighted by Crippen LogP contribution is -2.46. The van der Waals surface area contributed by atoms with Gasteiger partial charge in [-0.25, -0.2) is 0 Å². The molecule has 0 aliphatic rings. The van der Waals surface area contributed by atoms with Crippen molar-refractivity contribution in [2.75, 3.05) is 11.5 Å². The van der Waals surface area contributed by atoms with Crippen LogP contribution < -0.4 is 22.9 Å². The molecule has 4 rings (SSSR count). The molecule has 0 saturated carbocycles. The normalized spacial score (nSPS) is 10.7. The second-order valence-corrected chi connectivity index (χ2v) is 6.34. The van der Waals surface area contributed by atoms with Crippen molar-refractivity contribution in [3.63, 3.8) is 0 Å². The minimum Gasteiger partial charge on any atom is -0.368 e. The van der Waals surface area contributed by atoms with Crippen LogP contribution in [0.5, 0.6) is 0 Å². The predicted molar refractivity (Wildman–Crippen MR) is 116 cm³/mol. The molecule has 7 heteroatoms. The van der Waals surface area contributed by atoms with Gasteiger partial charge in [0.15, 0.2) is 5.82 Å². The zero-order valence-electron chi connectivity index (χ0n) is 15.8. The minimum atomic E-state index is -0.914. The van der Waals surface area contributed by atoms with Crippen molar-refractivity contribution in [3.8, 4) is 11.4 Å². The Morgan fingerprint density at radius 1 is 0.517 bits per heavy atom. The van der Waals surface area contributed by atoms with Crippen LogP contribution >= 0.6 is 0 Å². The summed E-state index contributed by atoms with van der Waals surface area (Å²) >= 11 is 0. The lowest BCUT2D eigenvalue weighted by atomic mass is 9.93. The minimum absolute atomic E-state index is 0.136. The van der Waals surface area contributed by atoms with Crippen molar-refractivity contribution < 1.29 is 0 Å².